The highest BCUT2D eigenvalue weighted by molar-refractivity contribution is 7.99. The molecule has 2 aromatic rings. The number of carbonyl (C=O) groups excluding carboxylic acids is 1. The fourth-order valence-corrected chi connectivity index (χ4v) is 3.51. The molecule has 106 valence electrons. The van der Waals surface area contributed by atoms with E-state index in [0.717, 1.165) is 21.6 Å². The number of hydrogen-bond acceptors (Lipinski definition) is 4. The van der Waals surface area contributed by atoms with Gasteiger partial charge in [-0.25, -0.2) is 0 Å². The van der Waals surface area contributed by atoms with E-state index < -0.39 is 0 Å². The Hall–Kier alpha value is -1.17. The van der Waals surface area contributed by atoms with E-state index in [1.165, 1.54) is 11.3 Å². The van der Waals surface area contributed by atoms with Crippen molar-refractivity contribution in [3.05, 3.63) is 40.8 Å². The Kier molecular flexibility index (Phi) is 5.34. The number of nitrogens with one attached hydrogen (secondary N) is 1. The zero-order chi connectivity index (χ0) is 14.5. The van der Waals surface area contributed by atoms with Crippen LogP contribution in [0.5, 0.6) is 0 Å². The summed E-state index contributed by atoms with van der Waals surface area (Å²) in [6.45, 7) is 4.27. The van der Waals surface area contributed by atoms with Crippen LogP contribution < -0.4 is 11.1 Å². The first-order valence-electron chi connectivity index (χ1n) is 6.08. The third-order valence-corrected chi connectivity index (χ3v) is 5.05. The molecule has 0 saturated heterocycles. The average molecular weight is 327 g/mol. The molecule has 0 spiro atoms. The maximum atomic E-state index is 12.1. The minimum absolute atomic E-state index is 0.126. The molecule has 3 nitrogen and oxygen atoms in total. The van der Waals surface area contributed by atoms with E-state index in [2.05, 4.69) is 11.9 Å². The number of rotatable bonds is 6. The van der Waals surface area contributed by atoms with Crippen molar-refractivity contribution in [3.8, 4) is 0 Å². The monoisotopic (exact) mass is 326 g/mol. The number of thiophene rings is 1. The molecule has 20 heavy (non-hydrogen) atoms. The van der Waals surface area contributed by atoms with Gasteiger partial charge in [0.2, 0.25) is 0 Å². The average Bonchev–Trinajstić information content (AvgIpc) is 2.76. The van der Waals surface area contributed by atoms with Crippen LogP contribution in [0.3, 0.4) is 0 Å². The molecule has 0 saturated carbocycles. The molecule has 0 aliphatic carbocycles. The van der Waals surface area contributed by atoms with Gasteiger partial charge in [-0.1, -0.05) is 17.7 Å². The predicted molar refractivity (Wildman–Crippen MR) is 91.1 cm³/mol. The molecule has 1 aromatic heterocycles. The summed E-state index contributed by atoms with van der Waals surface area (Å²) in [7, 11) is 0. The first kappa shape index (κ1) is 15.2. The van der Waals surface area contributed by atoms with Crippen LogP contribution in [0, 0.1) is 0 Å². The Morgan fingerprint density at radius 1 is 1.55 bits per heavy atom. The number of amides is 1. The highest BCUT2D eigenvalue weighted by Crippen LogP contribution is 2.35. The van der Waals surface area contributed by atoms with Crippen molar-refractivity contribution in [2.75, 3.05) is 23.8 Å². The van der Waals surface area contributed by atoms with E-state index in [4.69, 9.17) is 17.3 Å². The Morgan fingerprint density at radius 2 is 2.35 bits per heavy atom. The smallest absolute Gasteiger partial charge is 0.263 e. The zero-order valence-corrected chi connectivity index (χ0v) is 13.2. The molecule has 0 fully saturated rings. The predicted octanol–water partition coefficient (Wildman–Crippen LogP) is 3.79. The van der Waals surface area contributed by atoms with Crippen LogP contribution in [0.4, 0.5) is 5.69 Å². The lowest BCUT2D eigenvalue weighted by atomic mass is 10.2. The molecule has 0 bridgehead atoms. The summed E-state index contributed by atoms with van der Waals surface area (Å²) in [5.74, 6) is 1.62. The topological polar surface area (TPSA) is 55.1 Å². The van der Waals surface area contributed by atoms with Crippen molar-refractivity contribution in [3.63, 3.8) is 0 Å². The molecular weight excluding hydrogens is 312 g/mol. The second kappa shape index (κ2) is 7.02. The third kappa shape index (κ3) is 3.48. The molecule has 1 heterocycles. The highest BCUT2D eigenvalue weighted by Gasteiger charge is 2.16. The van der Waals surface area contributed by atoms with E-state index in [1.54, 1.807) is 23.9 Å². The van der Waals surface area contributed by atoms with Gasteiger partial charge in [-0.3, -0.25) is 4.79 Å². The van der Waals surface area contributed by atoms with Crippen LogP contribution in [0.15, 0.2) is 30.9 Å². The SMILES string of the molecule is C=CCSCCNC(=O)c1sc2ccc(Cl)cc2c1N. The van der Waals surface area contributed by atoms with Gasteiger partial charge < -0.3 is 11.1 Å². The molecule has 2 rings (SSSR count). The van der Waals surface area contributed by atoms with Crippen LogP contribution in [0.25, 0.3) is 10.1 Å². The summed E-state index contributed by atoms with van der Waals surface area (Å²) < 4.78 is 0.970. The van der Waals surface area contributed by atoms with Crippen molar-refractivity contribution >= 4 is 56.4 Å². The number of fused-ring (bicyclic) bond motifs is 1. The maximum absolute atomic E-state index is 12.1. The number of halogens is 1. The Balaban J connectivity index is 2.06. The summed E-state index contributed by atoms with van der Waals surface area (Å²) in [6, 6.07) is 5.47. The Bertz CT molecular complexity index is 639. The minimum Gasteiger partial charge on any atom is -0.397 e. The van der Waals surface area contributed by atoms with Crippen LogP contribution in [0.2, 0.25) is 5.02 Å². The van der Waals surface area contributed by atoms with Gasteiger partial charge in [-0.05, 0) is 18.2 Å². The number of hydrogen-bond donors (Lipinski definition) is 2. The lowest BCUT2D eigenvalue weighted by Gasteiger charge is -2.03. The summed E-state index contributed by atoms with van der Waals surface area (Å²) >= 11 is 9.06. The van der Waals surface area contributed by atoms with Gasteiger partial charge in [0.1, 0.15) is 4.88 Å². The summed E-state index contributed by atoms with van der Waals surface area (Å²) in [6.07, 6.45) is 1.85. The van der Waals surface area contributed by atoms with E-state index in [1.807, 2.05) is 12.1 Å². The fraction of sp³-hybridized carbons (Fsp3) is 0.214. The molecular formula is C14H15ClN2OS2. The van der Waals surface area contributed by atoms with Gasteiger partial charge >= 0.3 is 0 Å². The van der Waals surface area contributed by atoms with Crippen molar-refractivity contribution in [1.29, 1.82) is 0 Å². The Morgan fingerprint density at radius 3 is 3.10 bits per heavy atom. The van der Waals surface area contributed by atoms with Gasteiger partial charge in [-0.2, -0.15) is 11.8 Å². The van der Waals surface area contributed by atoms with Crippen LogP contribution in [0.1, 0.15) is 9.67 Å². The maximum Gasteiger partial charge on any atom is 0.263 e. The summed E-state index contributed by atoms with van der Waals surface area (Å²) in [5.41, 5.74) is 6.54. The van der Waals surface area contributed by atoms with Crippen molar-refractivity contribution in [1.82, 2.24) is 5.32 Å². The van der Waals surface area contributed by atoms with E-state index >= 15 is 0 Å². The molecule has 0 aliphatic rings. The summed E-state index contributed by atoms with van der Waals surface area (Å²) in [5, 5.41) is 4.34. The molecule has 1 amide bonds. The first-order valence-corrected chi connectivity index (χ1v) is 8.42. The second-order valence-electron chi connectivity index (χ2n) is 4.10. The van der Waals surface area contributed by atoms with Crippen molar-refractivity contribution < 1.29 is 4.79 Å². The Labute approximate surface area is 131 Å². The molecule has 0 atom stereocenters. The number of thioether (sulfide) groups is 1. The number of benzene rings is 1. The second-order valence-corrected chi connectivity index (χ2v) is 6.74. The molecule has 0 unspecified atom stereocenters. The van der Waals surface area contributed by atoms with E-state index in [-0.39, 0.29) is 5.91 Å². The lowest BCUT2D eigenvalue weighted by molar-refractivity contribution is 0.0961. The van der Waals surface area contributed by atoms with Gasteiger partial charge in [0.25, 0.3) is 5.91 Å². The molecule has 6 heteroatoms. The number of anilines is 1. The van der Waals surface area contributed by atoms with Gasteiger partial charge in [0, 0.05) is 33.2 Å². The lowest BCUT2D eigenvalue weighted by Crippen LogP contribution is -2.25. The number of nitrogen functional groups attached to an aromatic ring is 1. The van der Waals surface area contributed by atoms with Crippen LogP contribution in [-0.2, 0) is 0 Å². The molecule has 3 N–H and O–H groups in total. The van der Waals surface area contributed by atoms with E-state index in [0.29, 0.717) is 22.1 Å². The fourth-order valence-electron chi connectivity index (χ4n) is 1.74. The third-order valence-electron chi connectivity index (χ3n) is 2.66. The van der Waals surface area contributed by atoms with E-state index in [9.17, 15) is 4.79 Å². The highest BCUT2D eigenvalue weighted by atomic mass is 35.5. The standard InChI is InChI=1S/C14H15ClN2OS2/c1-2-6-19-7-5-17-14(18)13-12(16)10-8-9(15)3-4-11(10)20-13/h2-4,8H,1,5-7,16H2,(H,17,18). The number of nitrogens with two attached hydrogens (primary N) is 1. The number of carbonyl (C=O) groups is 1. The van der Waals surface area contributed by atoms with Gasteiger partial charge in [-0.15, -0.1) is 17.9 Å². The van der Waals surface area contributed by atoms with Gasteiger partial charge in [0.15, 0.2) is 0 Å². The van der Waals surface area contributed by atoms with Crippen molar-refractivity contribution in [2.45, 2.75) is 0 Å². The minimum atomic E-state index is -0.126. The molecule has 0 radical (unpaired) electrons. The summed E-state index contributed by atoms with van der Waals surface area (Å²) in [4.78, 5) is 12.7. The zero-order valence-electron chi connectivity index (χ0n) is 10.8. The quantitative estimate of drug-likeness (QED) is 0.627. The van der Waals surface area contributed by atoms with Crippen molar-refractivity contribution in [2.24, 2.45) is 0 Å². The van der Waals surface area contributed by atoms with Gasteiger partial charge in [0.05, 0.1) is 5.69 Å². The largest absolute Gasteiger partial charge is 0.397 e. The van der Waals surface area contributed by atoms with Crippen LogP contribution >= 0.6 is 34.7 Å². The molecule has 1 aromatic carbocycles. The van der Waals surface area contributed by atoms with Crippen LogP contribution in [-0.4, -0.2) is 24.0 Å². The first-order chi connectivity index (χ1) is 9.63. The normalized spacial score (nSPS) is 10.7. The molecule has 0 aliphatic heterocycles.